The smallest absolute Gasteiger partial charge is 0.318 e. The number of nitrogens with one attached hydrogen (secondary N) is 3. The molecule has 0 aromatic heterocycles. The highest BCUT2D eigenvalue weighted by molar-refractivity contribution is 5.98. The third-order valence-corrected chi connectivity index (χ3v) is 8.04. The maximum atomic E-state index is 13.8. The first kappa shape index (κ1) is 32.0. The molecule has 2 aromatic rings. The average Bonchev–Trinajstić information content (AvgIpc) is 3.78. The van der Waals surface area contributed by atoms with Gasteiger partial charge in [0, 0.05) is 26.6 Å². The van der Waals surface area contributed by atoms with Crippen LogP contribution in [0.25, 0.3) is 0 Å². The van der Waals surface area contributed by atoms with Gasteiger partial charge in [0.15, 0.2) is 5.78 Å². The fourth-order valence-electron chi connectivity index (χ4n) is 5.09. The molecule has 0 aliphatic carbocycles. The van der Waals surface area contributed by atoms with Crippen molar-refractivity contribution < 1.29 is 33.4 Å². The van der Waals surface area contributed by atoms with Gasteiger partial charge in [-0.25, -0.2) is 4.79 Å². The number of amides is 4. The second-order valence-electron chi connectivity index (χ2n) is 11.3. The lowest BCUT2D eigenvalue weighted by molar-refractivity contribution is -0.133. The Labute approximate surface area is 252 Å². The third-order valence-electron chi connectivity index (χ3n) is 8.04. The monoisotopic (exact) mass is 594 g/mol. The molecule has 2 aliphatic rings. The number of nitrogens with zero attached hydrogens (tertiary/aromatic N) is 1. The Morgan fingerprint density at radius 3 is 2.05 bits per heavy atom. The maximum Gasteiger partial charge on any atom is 0.318 e. The van der Waals surface area contributed by atoms with E-state index in [-0.39, 0.29) is 30.8 Å². The average molecular weight is 595 g/mol. The van der Waals surface area contributed by atoms with E-state index < -0.39 is 35.5 Å². The van der Waals surface area contributed by atoms with Crippen LogP contribution in [0.5, 0.6) is 5.75 Å². The van der Waals surface area contributed by atoms with Gasteiger partial charge >= 0.3 is 6.03 Å². The molecule has 2 saturated heterocycles. The van der Waals surface area contributed by atoms with Crippen LogP contribution in [0.4, 0.5) is 4.79 Å². The largest absolute Gasteiger partial charge is 0.497 e. The van der Waals surface area contributed by atoms with Gasteiger partial charge < -0.3 is 35.1 Å². The van der Waals surface area contributed by atoms with Crippen LogP contribution in [-0.4, -0.2) is 92.3 Å². The van der Waals surface area contributed by atoms with E-state index in [0.29, 0.717) is 25.4 Å². The molecule has 43 heavy (non-hydrogen) atoms. The predicted molar refractivity (Wildman–Crippen MR) is 160 cm³/mol. The molecule has 4 rings (SSSR count). The maximum absolute atomic E-state index is 13.8. The number of methoxy groups -OCH3 is 2. The molecule has 0 spiro atoms. The van der Waals surface area contributed by atoms with E-state index in [1.54, 1.807) is 45.1 Å². The summed E-state index contributed by atoms with van der Waals surface area (Å²) < 4.78 is 16.0. The summed E-state index contributed by atoms with van der Waals surface area (Å²) in [5.41, 5.74) is 0.715. The number of epoxide rings is 1. The summed E-state index contributed by atoms with van der Waals surface area (Å²) in [5, 5.41) is 8.43. The van der Waals surface area contributed by atoms with Crippen LogP contribution >= 0.6 is 0 Å². The van der Waals surface area contributed by atoms with Gasteiger partial charge in [0.2, 0.25) is 11.8 Å². The summed E-state index contributed by atoms with van der Waals surface area (Å²) >= 11 is 0. The molecule has 0 bridgehead atoms. The van der Waals surface area contributed by atoms with Crippen molar-refractivity contribution in [3.63, 3.8) is 0 Å². The number of Topliss-reactive ketones (excluding diaryl/α,β-unsaturated/α-hetero) is 1. The minimum absolute atomic E-state index is 0.119. The molecular formula is C32H42N4O7. The molecule has 0 radical (unpaired) electrons. The molecule has 4 amide bonds. The van der Waals surface area contributed by atoms with Crippen molar-refractivity contribution in [2.75, 3.05) is 33.9 Å². The van der Waals surface area contributed by atoms with Crippen LogP contribution in [-0.2, 0) is 36.7 Å². The highest BCUT2D eigenvalue weighted by Gasteiger charge is 2.50. The zero-order valence-corrected chi connectivity index (χ0v) is 25.3. The van der Waals surface area contributed by atoms with E-state index in [9.17, 15) is 19.2 Å². The van der Waals surface area contributed by atoms with Crippen molar-refractivity contribution in [1.29, 1.82) is 0 Å². The number of ketones is 1. The number of urea groups is 1. The number of carbonyl (C=O) groups excluding carboxylic acids is 4. The minimum atomic E-state index is -1.02. The third kappa shape index (κ3) is 8.77. The number of ether oxygens (including phenoxy) is 3. The fourth-order valence-corrected chi connectivity index (χ4v) is 5.09. The van der Waals surface area contributed by atoms with E-state index in [0.717, 1.165) is 24.0 Å². The summed E-state index contributed by atoms with van der Waals surface area (Å²) in [4.78, 5) is 54.9. The van der Waals surface area contributed by atoms with Crippen LogP contribution in [0.2, 0.25) is 0 Å². The molecule has 0 unspecified atom stereocenters. The van der Waals surface area contributed by atoms with Gasteiger partial charge in [-0.3, -0.25) is 14.4 Å². The lowest BCUT2D eigenvalue weighted by Crippen LogP contribution is -2.58. The predicted octanol–water partition coefficient (Wildman–Crippen LogP) is 2.02. The molecule has 11 nitrogen and oxygen atoms in total. The van der Waals surface area contributed by atoms with E-state index in [1.807, 2.05) is 42.5 Å². The van der Waals surface area contributed by atoms with Crippen LogP contribution in [0.15, 0.2) is 54.6 Å². The molecule has 2 aromatic carbocycles. The van der Waals surface area contributed by atoms with E-state index in [1.165, 1.54) is 0 Å². The second kappa shape index (κ2) is 14.5. The number of carbonyl (C=O) groups is 4. The molecule has 2 aliphatic heterocycles. The van der Waals surface area contributed by atoms with Crippen LogP contribution < -0.4 is 20.7 Å². The van der Waals surface area contributed by atoms with Gasteiger partial charge in [0.25, 0.3) is 0 Å². The van der Waals surface area contributed by atoms with Crippen molar-refractivity contribution >= 4 is 23.6 Å². The Bertz CT molecular complexity index is 1260. The first-order valence-electron chi connectivity index (χ1n) is 14.7. The van der Waals surface area contributed by atoms with Crippen LogP contribution in [0.3, 0.4) is 0 Å². The first-order chi connectivity index (χ1) is 20.6. The van der Waals surface area contributed by atoms with Gasteiger partial charge in [-0.05, 0) is 56.4 Å². The minimum Gasteiger partial charge on any atom is -0.497 e. The normalized spacial score (nSPS) is 20.3. The molecular weight excluding hydrogens is 552 g/mol. The summed E-state index contributed by atoms with van der Waals surface area (Å²) in [6.07, 6.45) is 2.00. The Morgan fingerprint density at radius 1 is 0.884 bits per heavy atom. The van der Waals surface area contributed by atoms with Crippen molar-refractivity contribution in [2.24, 2.45) is 0 Å². The molecule has 11 heteroatoms. The van der Waals surface area contributed by atoms with Crippen molar-refractivity contribution in [1.82, 2.24) is 20.9 Å². The molecule has 4 atom stereocenters. The first-order valence-corrected chi connectivity index (χ1v) is 14.7. The highest BCUT2D eigenvalue weighted by Crippen LogP contribution is 2.29. The summed E-state index contributed by atoms with van der Waals surface area (Å²) in [7, 11) is 3.22. The standard InChI is InChI=1S/C32H42N4O7/c1-21(33-31(40)36-16-14-25(42-4)15-17-36)29(38)35-27(19-23-10-12-24(41-3)13-11-23)30(39)34-26(28(37)32(2)20-43-32)18-22-8-6-5-7-9-22/h5-13,21,25-27H,14-20H2,1-4H3,(H,33,40)(H,34,39)(H,35,38)/t21-,26+,27+,32-/m1/s1. The second-order valence-corrected chi connectivity index (χ2v) is 11.3. The number of piperidine rings is 1. The van der Waals surface area contributed by atoms with Crippen LogP contribution in [0, 0.1) is 0 Å². The Balaban J connectivity index is 1.47. The molecule has 2 heterocycles. The highest BCUT2D eigenvalue weighted by atomic mass is 16.6. The van der Waals surface area contributed by atoms with Crippen molar-refractivity contribution in [3.05, 3.63) is 65.7 Å². The zero-order valence-electron chi connectivity index (χ0n) is 25.3. The van der Waals surface area contributed by atoms with Gasteiger partial charge in [-0.1, -0.05) is 42.5 Å². The van der Waals surface area contributed by atoms with Crippen LogP contribution in [0.1, 0.15) is 37.8 Å². The lowest BCUT2D eigenvalue weighted by atomic mass is 9.94. The molecule has 3 N–H and O–H groups in total. The number of benzene rings is 2. The van der Waals surface area contributed by atoms with Gasteiger partial charge in [0.05, 0.1) is 25.9 Å². The Morgan fingerprint density at radius 2 is 1.47 bits per heavy atom. The number of hydrogen-bond acceptors (Lipinski definition) is 7. The Hall–Kier alpha value is -3.96. The summed E-state index contributed by atoms with van der Waals surface area (Å²) in [5.74, 6) is -0.594. The van der Waals surface area contributed by atoms with Crippen molar-refractivity contribution in [2.45, 2.75) is 69.4 Å². The van der Waals surface area contributed by atoms with Gasteiger partial charge in [-0.15, -0.1) is 0 Å². The van der Waals surface area contributed by atoms with E-state index >= 15 is 0 Å². The number of hydrogen-bond donors (Lipinski definition) is 3. The molecule has 232 valence electrons. The van der Waals surface area contributed by atoms with Gasteiger partial charge in [-0.2, -0.15) is 0 Å². The zero-order chi connectivity index (χ0) is 31.0. The number of rotatable bonds is 13. The fraction of sp³-hybridized carbons (Fsp3) is 0.500. The van der Waals surface area contributed by atoms with E-state index in [4.69, 9.17) is 14.2 Å². The number of likely N-dealkylation sites (tertiary alicyclic amines) is 1. The topological polar surface area (TPSA) is 139 Å². The molecule has 2 fully saturated rings. The Kier molecular flexibility index (Phi) is 10.8. The SMILES string of the molecule is COc1ccc(C[C@H](NC(=O)[C@@H](C)NC(=O)N2CCC(OC)CC2)C(=O)N[C@@H](Cc2ccccc2)C(=O)[C@@]2(C)CO2)cc1. The van der Waals surface area contributed by atoms with E-state index in [2.05, 4.69) is 16.0 Å². The van der Waals surface area contributed by atoms with Crippen molar-refractivity contribution in [3.8, 4) is 5.75 Å². The quantitative estimate of drug-likeness (QED) is 0.302. The van der Waals surface area contributed by atoms with Gasteiger partial charge in [0.1, 0.15) is 23.4 Å². The lowest BCUT2D eigenvalue weighted by Gasteiger charge is -2.32. The summed E-state index contributed by atoms with van der Waals surface area (Å²) in [6, 6.07) is 13.4. The summed E-state index contributed by atoms with van der Waals surface area (Å²) in [6.45, 7) is 4.63. The molecule has 0 saturated carbocycles.